The van der Waals surface area contributed by atoms with Crippen LogP contribution < -0.4 is 0 Å². The molecule has 0 spiro atoms. The summed E-state index contributed by atoms with van der Waals surface area (Å²) in [5.41, 5.74) is 12.8. The minimum Gasteiger partial charge on any atom is -0.246 e. The van der Waals surface area contributed by atoms with Gasteiger partial charge in [-0.1, -0.05) is 206 Å². The van der Waals surface area contributed by atoms with Crippen LogP contribution in [-0.4, -0.2) is 19.9 Å². The lowest BCUT2D eigenvalue weighted by molar-refractivity contribution is 1.07. The van der Waals surface area contributed by atoms with Crippen LogP contribution in [0.25, 0.3) is 121 Å². The van der Waals surface area contributed by atoms with E-state index >= 15 is 0 Å². The molecule has 0 amide bonds. The van der Waals surface area contributed by atoms with Crippen molar-refractivity contribution < 1.29 is 0 Å². The summed E-state index contributed by atoms with van der Waals surface area (Å²) >= 11 is 1.86. The summed E-state index contributed by atoms with van der Waals surface area (Å²) in [5.74, 6) is 1.95. The van der Waals surface area contributed by atoms with Crippen LogP contribution >= 0.6 is 11.3 Å². The maximum absolute atomic E-state index is 5.49. The Morgan fingerprint density at radius 1 is 0.254 bits per heavy atom. The van der Waals surface area contributed by atoms with Gasteiger partial charge in [0.2, 0.25) is 0 Å². The Bertz CT molecular complexity index is 3570. The molecule has 3 aromatic heterocycles. The molecule has 12 aromatic rings. The molecule has 0 atom stereocenters. The summed E-state index contributed by atoms with van der Waals surface area (Å²) in [6.07, 6.45) is 0. The number of rotatable bonds is 7. The van der Waals surface area contributed by atoms with Gasteiger partial charge in [-0.3, -0.25) is 0 Å². The zero-order chi connectivity index (χ0) is 41.7. The van der Waals surface area contributed by atoms with Gasteiger partial charge in [-0.25, -0.2) is 19.9 Å². The zero-order valence-corrected chi connectivity index (χ0v) is 34.8. The average molecular weight is 821 g/mol. The highest BCUT2D eigenvalue weighted by Gasteiger charge is 2.19. The molecular formula is C58H36N4S. The summed E-state index contributed by atoms with van der Waals surface area (Å²) in [4.78, 5) is 20.2. The van der Waals surface area contributed by atoms with E-state index in [4.69, 9.17) is 19.9 Å². The topological polar surface area (TPSA) is 51.6 Å². The van der Waals surface area contributed by atoms with Gasteiger partial charge in [0.15, 0.2) is 17.5 Å². The normalized spacial score (nSPS) is 11.5. The molecule has 0 saturated carbocycles. The second-order valence-electron chi connectivity index (χ2n) is 15.8. The predicted molar refractivity (Wildman–Crippen MR) is 264 cm³/mol. The van der Waals surface area contributed by atoms with E-state index in [1.54, 1.807) is 0 Å². The summed E-state index contributed by atoms with van der Waals surface area (Å²) < 4.78 is 2.60. The van der Waals surface area contributed by atoms with E-state index in [1.807, 2.05) is 72.0 Å². The first-order chi connectivity index (χ1) is 31.2. The Labute approximate surface area is 368 Å². The third kappa shape index (κ3) is 6.63. The van der Waals surface area contributed by atoms with Crippen LogP contribution in [0.15, 0.2) is 218 Å². The molecule has 3 heterocycles. The molecular weight excluding hydrogens is 785 g/mol. The molecule has 0 saturated heterocycles. The number of thiophene rings is 1. The van der Waals surface area contributed by atoms with E-state index in [-0.39, 0.29) is 0 Å². The van der Waals surface area contributed by atoms with Crippen LogP contribution in [0.3, 0.4) is 0 Å². The molecule has 0 bridgehead atoms. The smallest absolute Gasteiger partial charge is 0.164 e. The largest absolute Gasteiger partial charge is 0.246 e. The van der Waals surface area contributed by atoms with Crippen LogP contribution in [0.1, 0.15) is 0 Å². The highest BCUT2D eigenvalue weighted by molar-refractivity contribution is 7.26. The Morgan fingerprint density at radius 3 is 1.25 bits per heavy atom. The number of nitrogens with zero attached hydrogens (tertiary/aromatic N) is 4. The van der Waals surface area contributed by atoms with E-state index in [1.165, 1.54) is 36.3 Å². The van der Waals surface area contributed by atoms with Crippen molar-refractivity contribution in [3.05, 3.63) is 218 Å². The molecule has 0 radical (unpaired) electrons. The number of hydrogen-bond donors (Lipinski definition) is 0. The van der Waals surface area contributed by atoms with Gasteiger partial charge in [0.05, 0.1) is 11.2 Å². The van der Waals surface area contributed by atoms with Crippen LogP contribution in [0.2, 0.25) is 0 Å². The fourth-order valence-electron chi connectivity index (χ4n) is 8.83. The first-order valence-electron chi connectivity index (χ1n) is 21.1. The maximum atomic E-state index is 5.49. The van der Waals surface area contributed by atoms with Crippen molar-refractivity contribution in [2.45, 2.75) is 0 Å². The average Bonchev–Trinajstić information content (AvgIpc) is 3.76. The molecule has 0 aliphatic carbocycles. The molecule has 294 valence electrons. The molecule has 63 heavy (non-hydrogen) atoms. The van der Waals surface area contributed by atoms with Gasteiger partial charge >= 0.3 is 0 Å². The van der Waals surface area contributed by atoms with Crippen molar-refractivity contribution in [3.63, 3.8) is 0 Å². The summed E-state index contributed by atoms with van der Waals surface area (Å²) in [7, 11) is 0. The number of pyridine rings is 1. The quantitative estimate of drug-likeness (QED) is 0.150. The fraction of sp³-hybridized carbons (Fsp3) is 0. The molecule has 4 nitrogen and oxygen atoms in total. The molecule has 5 heteroatoms. The van der Waals surface area contributed by atoms with Gasteiger partial charge in [0, 0.05) is 64.1 Å². The van der Waals surface area contributed by atoms with Gasteiger partial charge in [-0.05, 0) is 39.9 Å². The van der Waals surface area contributed by atoms with Crippen molar-refractivity contribution >= 4 is 53.2 Å². The molecule has 0 unspecified atom stereocenters. The lowest BCUT2D eigenvalue weighted by Crippen LogP contribution is -2.00. The first kappa shape index (κ1) is 36.7. The Morgan fingerprint density at radius 2 is 0.698 bits per heavy atom. The minimum absolute atomic E-state index is 0.644. The SMILES string of the molecule is c1ccc(-c2nc(-c3ccccc3)nc(-c3ccc(-c4ccc(-c5ccc(-c6cccc7c6nc(-c6ccccc6)c6ccc8sc9ccccc9c8c67)cc5)cc4)cc3)n2)cc1. The number of hydrogen-bond acceptors (Lipinski definition) is 5. The van der Waals surface area contributed by atoms with E-state index < -0.39 is 0 Å². The van der Waals surface area contributed by atoms with Crippen molar-refractivity contribution in [3.8, 4) is 78.8 Å². The van der Waals surface area contributed by atoms with Crippen molar-refractivity contribution in [1.82, 2.24) is 19.9 Å². The number of fused-ring (bicyclic) bond motifs is 7. The standard InChI is InChI=1S/C58H36N4S/c1-4-13-42(14-5-1)54-49-35-36-51-53(47-19-10-11-22-50(47)63-51)52(49)48-21-12-20-46(55(48)59-54)41-31-27-39(28-32-41)37-23-25-38(26-24-37)40-29-33-45(34-30-40)58-61-56(43-15-6-2-7-16-43)60-57(62-58)44-17-8-3-9-18-44/h1-36H. The number of aromatic nitrogens is 4. The van der Waals surface area contributed by atoms with Crippen LogP contribution in [0.5, 0.6) is 0 Å². The first-order valence-corrected chi connectivity index (χ1v) is 21.9. The van der Waals surface area contributed by atoms with E-state index in [2.05, 4.69) is 158 Å². The fourth-order valence-corrected chi connectivity index (χ4v) is 9.94. The van der Waals surface area contributed by atoms with E-state index in [0.29, 0.717) is 17.5 Å². The number of para-hydroxylation sites is 1. The number of benzene rings is 9. The molecule has 9 aromatic carbocycles. The third-order valence-corrected chi connectivity index (χ3v) is 13.1. The lowest BCUT2D eigenvalue weighted by atomic mass is 9.93. The molecule has 0 fully saturated rings. The summed E-state index contributed by atoms with van der Waals surface area (Å²) in [5, 5.41) is 6.21. The van der Waals surface area contributed by atoms with Crippen molar-refractivity contribution in [2.75, 3.05) is 0 Å². The molecule has 0 aliphatic rings. The predicted octanol–water partition coefficient (Wildman–Crippen LogP) is 15.6. The van der Waals surface area contributed by atoms with Crippen LogP contribution in [-0.2, 0) is 0 Å². The van der Waals surface area contributed by atoms with Gasteiger partial charge in [-0.15, -0.1) is 11.3 Å². The monoisotopic (exact) mass is 820 g/mol. The van der Waals surface area contributed by atoms with E-state index in [0.717, 1.165) is 66.8 Å². The Kier molecular flexibility index (Phi) is 8.98. The van der Waals surface area contributed by atoms with Crippen LogP contribution in [0.4, 0.5) is 0 Å². The highest BCUT2D eigenvalue weighted by atomic mass is 32.1. The molecule has 0 N–H and O–H groups in total. The third-order valence-electron chi connectivity index (χ3n) is 12.0. The summed E-state index contributed by atoms with van der Waals surface area (Å²) in [6.45, 7) is 0. The second kappa shape index (κ2) is 15.4. The zero-order valence-electron chi connectivity index (χ0n) is 34.0. The van der Waals surface area contributed by atoms with E-state index in [9.17, 15) is 0 Å². The Hall–Kier alpha value is -8.12. The van der Waals surface area contributed by atoms with Gasteiger partial charge in [0.25, 0.3) is 0 Å². The lowest BCUT2D eigenvalue weighted by Gasteiger charge is -2.15. The van der Waals surface area contributed by atoms with Crippen molar-refractivity contribution in [2.24, 2.45) is 0 Å². The molecule has 0 aliphatic heterocycles. The second-order valence-corrected chi connectivity index (χ2v) is 16.8. The molecule has 12 rings (SSSR count). The highest BCUT2D eigenvalue weighted by Crippen LogP contribution is 2.45. The minimum atomic E-state index is 0.644. The van der Waals surface area contributed by atoms with Gasteiger partial charge < -0.3 is 0 Å². The van der Waals surface area contributed by atoms with Gasteiger partial charge in [-0.2, -0.15) is 0 Å². The van der Waals surface area contributed by atoms with Gasteiger partial charge in [0.1, 0.15) is 0 Å². The maximum Gasteiger partial charge on any atom is 0.164 e. The van der Waals surface area contributed by atoms with Crippen LogP contribution in [0, 0.1) is 0 Å². The van der Waals surface area contributed by atoms with Crippen molar-refractivity contribution in [1.29, 1.82) is 0 Å². The summed E-state index contributed by atoms with van der Waals surface area (Å²) in [6, 6.07) is 76.9. The Balaban J connectivity index is 0.868.